The molecule has 0 spiro atoms. The van der Waals surface area contributed by atoms with Gasteiger partial charge >= 0.3 is 0 Å². The van der Waals surface area contributed by atoms with E-state index in [2.05, 4.69) is 27.8 Å². The Morgan fingerprint density at radius 3 is 2.89 bits per heavy atom. The summed E-state index contributed by atoms with van der Waals surface area (Å²) in [6, 6.07) is 5.51. The van der Waals surface area contributed by atoms with Gasteiger partial charge in [0.2, 0.25) is 0 Å². The van der Waals surface area contributed by atoms with E-state index in [0.717, 1.165) is 18.6 Å². The van der Waals surface area contributed by atoms with Crippen LogP contribution in [-0.2, 0) is 11.3 Å². The van der Waals surface area contributed by atoms with Crippen molar-refractivity contribution in [3.63, 3.8) is 0 Å². The SMILES string of the molecule is CC1OCCC1N(C)Cc1cccc([N+](=O)[O-])c1Br. The molecule has 1 fully saturated rings. The lowest BCUT2D eigenvalue weighted by Gasteiger charge is -2.26. The van der Waals surface area contributed by atoms with E-state index in [-0.39, 0.29) is 16.7 Å². The van der Waals surface area contributed by atoms with E-state index in [9.17, 15) is 10.1 Å². The first-order valence-corrected chi connectivity index (χ1v) is 7.03. The van der Waals surface area contributed by atoms with Gasteiger partial charge in [-0.25, -0.2) is 0 Å². The standard InChI is InChI=1S/C13H17BrN2O3/c1-9-11(6-7-19-9)15(2)8-10-4-3-5-12(13(10)14)16(17)18/h3-5,9,11H,6-8H2,1-2H3. The van der Waals surface area contributed by atoms with E-state index in [1.807, 2.05) is 13.1 Å². The number of nitro benzene ring substituents is 1. The van der Waals surface area contributed by atoms with Crippen molar-refractivity contribution in [3.05, 3.63) is 38.3 Å². The Balaban J connectivity index is 2.15. The minimum Gasteiger partial charge on any atom is -0.377 e. The van der Waals surface area contributed by atoms with Crippen LogP contribution in [0.5, 0.6) is 0 Å². The molecule has 1 heterocycles. The minimum absolute atomic E-state index is 0.113. The van der Waals surface area contributed by atoms with Gasteiger partial charge < -0.3 is 4.74 Å². The van der Waals surface area contributed by atoms with Crippen molar-refractivity contribution in [2.75, 3.05) is 13.7 Å². The first kappa shape index (κ1) is 14.4. The third kappa shape index (κ3) is 3.13. The smallest absolute Gasteiger partial charge is 0.283 e. The van der Waals surface area contributed by atoms with E-state index in [4.69, 9.17) is 4.74 Å². The highest BCUT2D eigenvalue weighted by atomic mass is 79.9. The Labute approximate surface area is 120 Å². The van der Waals surface area contributed by atoms with Crippen LogP contribution < -0.4 is 0 Å². The van der Waals surface area contributed by atoms with Crippen molar-refractivity contribution in [3.8, 4) is 0 Å². The van der Waals surface area contributed by atoms with E-state index in [1.165, 1.54) is 6.07 Å². The van der Waals surface area contributed by atoms with Gasteiger partial charge in [-0.15, -0.1) is 0 Å². The molecular formula is C13H17BrN2O3. The second-order valence-electron chi connectivity index (χ2n) is 4.85. The van der Waals surface area contributed by atoms with Crippen LogP contribution in [0.1, 0.15) is 18.9 Å². The van der Waals surface area contributed by atoms with Crippen LogP contribution in [0.2, 0.25) is 0 Å². The number of halogens is 1. The zero-order chi connectivity index (χ0) is 14.0. The average molecular weight is 329 g/mol. The summed E-state index contributed by atoms with van der Waals surface area (Å²) in [5, 5.41) is 10.9. The number of nitrogens with zero attached hydrogens (tertiary/aromatic N) is 2. The molecule has 1 aromatic carbocycles. The summed E-state index contributed by atoms with van der Waals surface area (Å²) in [6.45, 7) is 3.52. The molecule has 0 saturated carbocycles. The van der Waals surface area contributed by atoms with E-state index >= 15 is 0 Å². The second-order valence-corrected chi connectivity index (χ2v) is 5.65. The topological polar surface area (TPSA) is 55.6 Å². The lowest BCUT2D eigenvalue weighted by Crippen LogP contribution is -2.36. The first-order valence-electron chi connectivity index (χ1n) is 6.24. The molecule has 2 unspecified atom stereocenters. The second kappa shape index (κ2) is 5.98. The number of nitro groups is 1. The van der Waals surface area contributed by atoms with Crippen LogP contribution in [0.3, 0.4) is 0 Å². The molecule has 2 atom stereocenters. The molecule has 0 N–H and O–H groups in total. The fraction of sp³-hybridized carbons (Fsp3) is 0.538. The maximum absolute atomic E-state index is 10.9. The number of hydrogen-bond acceptors (Lipinski definition) is 4. The molecule has 1 aliphatic rings. The maximum Gasteiger partial charge on any atom is 0.283 e. The number of benzene rings is 1. The summed E-state index contributed by atoms with van der Waals surface area (Å²) in [6.07, 6.45) is 1.21. The molecule has 0 radical (unpaired) electrons. The van der Waals surface area contributed by atoms with Crippen LogP contribution in [0, 0.1) is 10.1 Å². The summed E-state index contributed by atoms with van der Waals surface area (Å²) in [4.78, 5) is 12.7. The van der Waals surface area contributed by atoms with Gasteiger partial charge in [0.25, 0.3) is 5.69 Å². The van der Waals surface area contributed by atoms with Gasteiger partial charge in [0.15, 0.2) is 0 Å². The van der Waals surface area contributed by atoms with Gasteiger partial charge in [0.1, 0.15) is 0 Å². The number of hydrogen-bond donors (Lipinski definition) is 0. The zero-order valence-corrected chi connectivity index (χ0v) is 12.6. The fourth-order valence-corrected chi connectivity index (χ4v) is 3.05. The summed E-state index contributed by atoms with van der Waals surface area (Å²) < 4.78 is 6.12. The average Bonchev–Trinajstić information content (AvgIpc) is 2.77. The molecule has 5 nitrogen and oxygen atoms in total. The van der Waals surface area contributed by atoms with Gasteiger partial charge in [0.05, 0.1) is 15.5 Å². The molecule has 0 aliphatic carbocycles. The van der Waals surface area contributed by atoms with Crippen LogP contribution in [0.25, 0.3) is 0 Å². The lowest BCUT2D eigenvalue weighted by molar-refractivity contribution is -0.385. The Bertz CT molecular complexity index is 481. The molecule has 0 amide bonds. The molecule has 1 aromatic rings. The summed E-state index contributed by atoms with van der Waals surface area (Å²) in [7, 11) is 2.03. The largest absolute Gasteiger partial charge is 0.377 e. The quantitative estimate of drug-likeness (QED) is 0.629. The Hall–Kier alpha value is -0.980. The molecule has 2 rings (SSSR count). The predicted octanol–water partition coefficient (Wildman–Crippen LogP) is 2.97. The van der Waals surface area contributed by atoms with Crippen molar-refractivity contribution in [1.29, 1.82) is 0 Å². The van der Waals surface area contributed by atoms with Gasteiger partial charge in [-0.2, -0.15) is 0 Å². The van der Waals surface area contributed by atoms with Gasteiger partial charge in [-0.05, 0) is 41.9 Å². The van der Waals surface area contributed by atoms with E-state index in [1.54, 1.807) is 6.07 Å². The third-order valence-electron chi connectivity index (χ3n) is 3.58. The fourth-order valence-electron chi connectivity index (χ4n) is 2.51. The van der Waals surface area contributed by atoms with Crippen molar-refractivity contribution in [1.82, 2.24) is 4.90 Å². The van der Waals surface area contributed by atoms with Crippen LogP contribution >= 0.6 is 15.9 Å². The number of ether oxygens (including phenoxy) is 1. The van der Waals surface area contributed by atoms with Gasteiger partial charge in [-0.1, -0.05) is 12.1 Å². The highest BCUT2D eigenvalue weighted by Crippen LogP contribution is 2.30. The number of likely N-dealkylation sites (N-methyl/N-ethyl adjacent to an activating group) is 1. The van der Waals surface area contributed by atoms with Crippen molar-refractivity contribution < 1.29 is 9.66 Å². The molecule has 6 heteroatoms. The summed E-state index contributed by atoms with van der Waals surface area (Å²) in [5.74, 6) is 0. The predicted molar refractivity (Wildman–Crippen MR) is 76.1 cm³/mol. The van der Waals surface area contributed by atoms with Crippen molar-refractivity contribution in [2.24, 2.45) is 0 Å². The Kier molecular flexibility index (Phi) is 4.54. The Morgan fingerprint density at radius 2 is 2.32 bits per heavy atom. The molecular weight excluding hydrogens is 312 g/mol. The molecule has 1 saturated heterocycles. The van der Waals surface area contributed by atoms with Crippen LogP contribution in [0.15, 0.2) is 22.7 Å². The number of rotatable bonds is 4. The minimum atomic E-state index is -0.366. The van der Waals surface area contributed by atoms with Crippen molar-refractivity contribution >= 4 is 21.6 Å². The zero-order valence-electron chi connectivity index (χ0n) is 11.0. The van der Waals surface area contributed by atoms with Crippen LogP contribution in [-0.4, -0.2) is 35.6 Å². The molecule has 1 aliphatic heterocycles. The van der Waals surface area contributed by atoms with Gasteiger partial charge in [-0.3, -0.25) is 15.0 Å². The first-order chi connectivity index (χ1) is 9.00. The third-order valence-corrected chi connectivity index (χ3v) is 4.49. The molecule has 0 bridgehead atoms. The highest BCUT2D eigenvalue weighted by Gasteiger charge is 2.28. The maximum atomic E-state index is 10.9. The van der Waals surface area contributed by atoms with E-state index < -0.39 is 0 Å². The monoisotopic (exact) mass is 328 g/mol. The lowest BCUT2D eigenvalue weighted by atomic mass is 10.1. The highest BCUT2D eigenvalue weighted by molar-refractivity contribution is 9.10. The molecule has 0 aromatic heterocycles. The molecule has 19 heavy (non-hydrogen) atoms. The normalized spacial score (nSPS) is 22.9. The van der Waals surface area contributed by atoms with Gasteiger partial charge in [0, 0.05) is 25.3 Å². The molecule has 104 valence electrons. The van der Waals surface area contributed by atoms with E-state index in [0.29, 0.717) is 17.1 Å². The van der Waals surface area contributed by atoms with Crippen LogP contribution in [0.4, 0.5) is 5.69 Å². The van der Waals surface area contributed by atoms with Crippen molar-refractivity contribution in [2.45, 2.75) is 32.0 Å². The summed E-state index contributed by atoms with van der Waals surface area (Å²) in [5.41, 5.74) is 1.04. The summed E-state index contributed by atoms with van der Waals surface area (Å²) >= 11 is 3.33. The Morgan fingerprint density at radius 1 is 1.58 bits per heavy atom.